The molecule has 0 atom stereocenters. The van der Waals surface area contributed by atoms with Gasteiger partial charge in [0, 0.05) is 28.3 Å². The molecule has 1 aromatic carbocycles. The first-order valence-electron chi connectivity index (χ1n) is 6.11. The van der Waals surface area contributed by atoms with Crippen molar-refractivity contribution in [1.82, 2.24) is 4.98 Å². The standard InChI is InChI=1S/C15H12N2O2S/c1-9-6-13(18)12(8-16-9)15(19)17-11-2-3-14-10(7-11)4-5-20-14/h2-8H,1H3,(H,16,18)(H,17,19). The molecule has 0 bridgehead atoms. The number of aromatic nitrogens is 1. The number of hydrogen-bond acceptors (Lipinski definition) is 3. The number of carbonyl (C=O) groups is 1. The third-order valence-electron chi connectivity index (χ3n) is 3.01. The second kappa shape index (κ2) is 4.94. The average Bonchev–Trinajstić information content (AvgIpc) is 2.85. The fourth-order valence-corrected chi connectivity index (χ4v) is 2.76. The molecule has 1 amide bonds. The molecule has 3 rings (SSSR count). The van der Waals surface area contributed by atoms with E-state index in [4.69, 9.17) is 0 Å². The number of fused-ring (bicyclic) bond motifs is 1. The van der Waals surface area contributed by atoms with Crippen LogP contribution in [0.1, 0.15) is 16.1 Å². The lowest BCUT2D eigenvalue weighted by Crippen LogP contribution is -2.21. The van der Waals surface area contributed by atoms with Gasteiger partial charge < -0.3 is 10.3 Å². The van der Waals surface area contributed by atoms with Gasteiger partial charge in [-0.25, -0.2) is 0 Å². The average molecular weight is 284 g/mol. The van der Waals surface area contributed by atoms with E-state index in [1.165, 1.54) is 12.3 Å². The molecule has 2 aromatic heterocycles. The van der Waals surface area contributed by atoms with Gasteiger partial charge in [-0.1, -0.05) is 0 Å². The molecule has 20 heavy (non-hydrogen) atoms. The summed E-state index contributed by atoms with van der Waals surface area (Å²) >= 11 is 1.65. The lowest BCUT2D eigenvalue weighted by Gasteiger charge is -2.05. The number of benzene rings is 1. The first-order valence-corrected chi connectivity index (χ1v) is 6.99. The van der Waals surface area contributed by atoms with E-state index in [-0.39, 0.29) is 11.0 Å². The summed E-state index contributed by atoms with van der Waals surface area (Å²) in [5.74, 6) is -0.402. The molecule has 2 N–H and O–H groups in total. The van der Waals surface area contributed by atoms with Crippen molar-refractivity contribution in [1.29, 1.82) is 0 Å². The number of carbonyl (C=O) groups excluding carboxylic acids is 1. The number of rotatable bonds is 2. The van der Waals surface area contributed by atoms with Gasteiger partial charge in [-0.15, -0.1) is 11.3 Å². The van der Waals surface area contributed by atoms with E-state index >= 15 is 0 Å². The normalized spacial score (nSPS) is 10.7. The van der Waals surface area contributed by atoms with E-state index in [0.717, 1.165) is 15.8 Å². The number of H-pyrrole nitrogens is 1. The van der Waals surface area contributed by atoms with Crippen molar-refractivity contribution >= 4 is 33.0 Å². The van der Waals surface area contributed by atoms with E-state index < -0.39 is 5.91 Å². The topological polar surface area (TPSA) is 62.0 Å². The summed E-state index contributed by atoms with van der Waals surface area (Å²) in [5, 5.41) is 5.82. The predicted molar refractivity (Wildman–Crippen MR) is 81.6 cm³/mol. The summed E-state index contributed by atoms with van der Waals surface area (Å²) < 4.78 is 1.16. The summed E-state index contributed by atoms with van der Waals surface area (Å²) in [7, 11) is 0. The van der Waals surface area contributed by atoms with E-state index in [2.05, 4.69) is 10.3 Å². The van der Waals surface area contributed by atoms with Crippen molar-refractivity contribution in [2.75, 3.05) is 5.32 Å². The third-order valence-corrected chi connectivity index (χ3v) is 3.91. The molecular formula is C15H12N2O2S. The number of thiophene rings is 1. The molecule has 5 heteroatoms. The Labute approximate surface area is 119 Å². The molecule has 3 aromatic rings. The number of amides is 1. The molecule has 100 valence electrons. The highest BCUT2D eigenvalue weighted by Crippen LogP contribution is 2.24. The molecule has 0 radical (unpaired) electrons. The van der Waals surface area contributed by atoms with Gasteiger partial charge in [0.2, 0.25) is 0 Å². The zero-order valence-corrected chi connectivity index (χ0v) is 11.6. The van der Waals surface area contributed by atoms with Crippen molar-refractivity contribution in [2.45, 2.75) is 6.92 Å². The van der Waals surface area contributed by atoms with Crippen LogP contribution in [0.25, 0.3) is 10.1 Å². The van der Waals surface area contributed by atoms with Gasteiger partial charge in [0.15, 0.2) is 5.43 Å². The van der Waals surface area contributed by atoms with Gasteiger partial charge in [0.1, 0.15) is 5.56 Å². The first kappa shape index (κ1) is 12.6. The Bertz CT molecular complexity index is 848. The van der Waals surface area contributed by atoms with Crippen LogP contribution in [0, 0.1) is 6.92 Å². The Morgan fingerprint density at radius 2 is 2.10 bits per heavy atom. The zero-order valence-electron chi connectivity index (χ0n) is 10.8. The minimum absolute atomic E-state index is 0.112. The Kier molecular flexibility index (Phi) is 3.12. The fraction of sp³-hybridized carbons (Fsp3) is 0.0667. The minimum atomic E-state index is -0.402. The van der Waals surface area contributed by atoms with E-state index in [9.17, 15) is 9.59 Å². The van der Waals surface area contributed by atoms with Crippen LogP contribution in [0.2, 0.25) is 0 Å². The lowest BCUT2D eigenvalue weighted by molar-refractivity contribution is 0.102. The molecule has 0 saturated heterocycles. The van der Waals surface area contributed by atoms with Crippen LogP contribution >= 0.6 is 11.3 Å². The number of pyridine rings is 1. The third kappa shape index (κ3) is 2.35. The maximum Gasteiger partial charge on any atom is 0.261 e. The van der Waals surface area contributed by atoms with Gasteiger partial charge in [-0.05, 0) is 42.0 Å². The summed E-state index contributed by atoms with van der Waals surface area (Å²) in [6.45, 7) is 1.77. The first-order chi connectivity index (χ1) is 9.63. The molecule has 4 nitrogen and oxygen atoms in total. The highest BCUT2D eigenvalue weighted by molar-refractivity contribution is 7.17. The van der Waals surface area contributed by atoms with Crippen LogP contribution in [-0.4, -0.2) is 10.9 Å². The maximum absolute atomic E-state index is 12.1. The van der Waals surface area contributed by atoms with Crippen LogP contribution in [0.15, 0.2) is 46.7 Å². The highest BCUT2D eigenvalue weighted by atomic mass is 32.1. The van der Waals surface area contributed by atoms with Crippen LogP contribution < -0.4 is 10.7 Å². The Morgan fingerprint density at radius 3 is 2.90 bits per heavy atom. The Morgan fingerprint density at radius 1 is 1.25 bits per heavy atom. The lowest BCUT2D eigenvalue weighted by atomic mass is 10.2. The van der Waals surface area contributed by atoms with Crippen molar-refractivity contribution < 1.29 is 4.79 Å². The minimum Gasteiger partial charge on any atom is -0.364 e. The molecule has 0 fully saturated rings. The molecule has 0 saturated carbocycles. The number of nitrogens with one attached hydrogen (secondary N) is 2. The van der Waals surface area contributed by atoms with Crippen LogP contribution in [-0.2, 0) is 0 Å². The van der Waals surface area contributed by atoms with Crippen LogP contribution in [0.3, 0.4) is 0 Å². The summed E-state index contributed by atoms with van der Waals surface area (Å²) in [4.78, 5) is 26.7. The van der Waals surface area contributed by atoms with Gasteiger partial charge in [-0.3, -0.25) is 9.59 Å². The molecular weight excluding hydrogens is 272 g/mol. The smallest absolute Gasteiger partial charge is 0.261 e. The van der Waals surface area contributed by atoms with Crippen molar-refractivity contribution in [3.8, 4) is 0 Å². The SMILES string of the molecule is Cc1cc(=O)c(C(=O)Nc2ccc3sccc3c2)c[nH]1. The van der Waals surface area contributed by atoms with Crippen LogP contribution in [0.5, 0.6) is 0 Å². The molecule has 0 unspecified atom stereocenters. The maximum atomic E-state index is 12.1. The van der Waals surface area contributed by atoms with E-state index in [0.29, 0.717) is 5.69 Å². The zero-order chi connectivity index (χ0) is 14.1. The Balaban J connectivity index is 1.89. The number of hydrogen-bond donors (Lipinski definition) is 2. The van der Waals surface area contributed by atoms with Crippen molar-refractivity contribution in [3.63, 3.8) is 0 Å². The summed E-state index contributed by atoms with van der Waals surface area (Å²) in [5.41, 5.74) is 1.24. The second-order valence-corrected chi connectivity index (χ2v) is 5.47. The van der Waals surface area contributed by atoms with Crippen molar-refractivity contribution in [3.05, 3.63) is 63.4 Å². The van der Waals surface area contributed by atoms with E-state index in [1.807, 2.05) is 29.6 Å². The fourth-order valence-electron chi connectivity index (χ4n) is 1.99. The quantitative estimate of drug-likeness (QED) is 0.759. The summed E-state index contributed by atoms with van der Waals surface area (Å²) in [6.07, 6.45) is 1.44. The largest absolute Gasteiger partial charge is 0.364 e. The molecule has 0 aliphatic rings. The molecule has 0 spiro atoms. The highest BCUT2D eigenvalue weighted by Gasteiger charge is 2.10. The van der Waals surface area contributed by atoms with Gasteiger partial charge in [-0.2, -0.15) is 0 Å². The van der Waals surface area contributed by atoms with E-state index in [1.54, 1.807) is 18.3 Å². The molecule has 2 heterocycles. The number of aromatic amines is 1. The Hall–Kier alpha value is -2.40. The molecule has 0 aliphatic carbocycles. The van der Waals surface area contributed by atoms with Gasteiger partial charge >= 0.3 is 0 Å². The second-order valence-electron chi connectivity index (χ2n) is 4.52. The predicted octanol–water partition coefficient (Wildman–Crippen LogP) is 3.15. The van der Waals surface area contributed by atoms with Crippen molar-refractivity contribution in [2.24, 2.45) is 0 Å². The summed E-state index contributed by atoms with van der Waals surface area (Å²) in [6, 6.07) is 9.09. The number of anilines is 1. The van der Waals surface area contributed by atoms with Gasteiger partial charge in [0.25, 0.3) is 5.91 Å². The molecule has 0 aliphatic heterocycles. The van der Waals surface area contributed by atoms with Gasteiger partial charge in [0.05, 0.1) is 0 Å². The van der Waals surface area contributed by atoms with Crippen LogP contribution in [0.4, 0.5) is 5.69 Å². The monoisotopic (exact) mass is 284 g/mol. The number of aryl methyl sites for hydroxylation is 1.